The smallest absolute Gasteiger partial charge is 0.341 e. The molecule has 2 amide bonds. The minimum atomic E-state index is -0.657. The molecule has 0 saturated carbocycles. The number of benzene rings is 1. The van der Waals surface area contributed by atoms with Crippen LogP contribution in [0.1, 0.15) is 18.0 Å². The molecule has 2 fully saturated rings. The van der Waals surface area contributed by atoms with E-state index in [-0.39, 0.29) is 11.4 Å². The zero-order valence-corrected chi connectivity index (χ0v) is 15.0. The predicted octanol–water partition coefficient (Wildman–Crippen LogP) is 2.43. The summed E-state index contributed by atoms with van der Waals surface area (Å²) in [5.41, 5.74) is 0.493. The molecule has 1 aromatic heterocycles. The van der Waals surface area contributed by atoms with E-state index in [0.29, 0.717) is 25.1 Å². The van der Waals surface area contributed by atoms with Crippen molar-refractivity contribution in [3.63, 3.8) is 0 Å². The highest BCUT2D eigenvalue weighted by Gasteiger charge is 2.54. The third kappa shape index (κ3) is 2.78. The van der Waals surface area contributed by atoms with Crippen molar-refractivity contribution in [2.24, 2.45) is 10.5 Å². The van der Waals surface area contributed by atoms with E-state index >= 15 is 0 Å². The third-order valence-corrected chi connectivity index (χ3v) is 5.54. The van der Waals surface area contributed by atoms with Crippen LogP contribution in [0, 0.1) is 17.0 Å². The van der Waals surface area contributed by atoms with E-state index in [0.717, 1.165) is 25.0 Å². The average molecular weight is 384 g/mol. The summed E-state index contributed by atoms with van der Waals surface area (Å²) in [4.78, 5) is 25.1. The first-order valence-corrected chi connectivity index (χ1v) is 9.11. The van der Waals surface area contributed by atoms with Gasteiger partial charge in [0.05, 0.1) is 12.2 Å². The summed E-state index contributed by atoms with van der Waals surface area (Å²) >= 11 is 0. The molecule has 1 spiro atoms. The summed E-state index contributed by atoms with van der Waals surface area (Å²) in [7, 11) is 0. The Morgan fingerprint density at radius 2 is 1.82 bits per heavy atom. The minimum absolute atomic E-state index is 0.0804. The number of aromatic nitrogens is 2. The Balaban J connectivity index is 1.22. The van der Waals surface area contributed by atoms with Crippen LogP contribution in [0.3, 0.4) is 0 Å². The maximum Gasteiger partial charge on any atom is 0.341 e. The minimum Gasteiger partial charge on any atom is -0.354 e. The molecule has 0 radical (unpaired) electrons. The van der Waals surface area contributed by atoms with Crippen molar-refractivity contribution < 1.29 is 13.6 Å². The van der Waals surface area contributed by atoms with E-state index < -0.39 is 17.7 Å². The Kier molecular flexibility index (Phi) is 3.78. The molecule has 4 heterocycles. The van der Waals surface area contributed by atoms with Gasteiger partial charge in [-0.25, -0.2) is 23.6 Å². The normalized spacial score (nSPS) is 22.4. The van der Waals surface area contributed by atoms with Crippen LogP contribution in [0.25, 0.3) is 0 Å². The topological polar surface area (TPSA) is 64.9 Å². The van der Waals surface area contributed by atoms with Gasteiger partial charge in [-0.15, -0.1) is 0 Å². The van der Waals surface area contributed by atoms with E-state index in [1.165, 1.54) is 17.1 Å². The summed E-state index contributed by atoms with van der Waals surface area (Å²) in [5.74, 6) is -0.471. The second kappa shape index (κ2) is 6.22. The molecule has 1 atom stereocenters. The molecular weight excluding hydrogens is 366 g/mol. The number of hydrogen-bond acceptors (Lipinski definition) is 5. The van der Waals surface area contributed by atoms with Crippen molar-refractivity contribution in [1.82, 2.24) is 19.9 Å². The van der Waals surface area contributed by atoms with Crippen molar-refractivity contribution in [3.8, 4) is 0 Å². The fourth-order valence-electron chi connectivity index (χ4n) is 4.27. The van der Waals surface area contributed by atoms with Crippen LogP contribution in [0.4, 0.5) is 19.4 Å². The van der Waals surface area contributed by atoms with Crippen LogP contribution in [-0.4, -0.2) is 58.3 Å². The lowest BCUT2D eigenvalue weighted by Crippen LogP contribution is -2.74. The molecule has 3 aliphatic rings. The Morgan fingerprint density at radius 1 is 1.07 bits per heavy atom. The van der Waals surface area contributed by atoms with Crippen LogP contribution in [0.5, 0.6) is 0 Å². The molecule has 2 saturated heterocycles. The monoisotopic (exact) mass is 384 g/mol. The van der Waals surface area contributed by atoms with Gasteiger partial charge in [0.2, 0.25) is 0 Å². The second-order valence-electron chi connectivity index (χ2n) is 7.66. The lowest BCUT2D eigenvalue weighted by atomic mass is 9.73. The molecule has 28 heavy (non-hydrogen) atoms. The zero-order valence-electron chi connectivity index (χ0n) is 15.0. The molecule has 1 aromatic carbocycles. The maximum absolute atomic E-state index is 13.6. The Labute approximate surface area is 160 Å². The molecule has 0 unspecified atom stereocenters. The van der Waals surface area contributed by atoms with Crippen molar-refractivity contribution >= 4 is 18.1 Å². The number of amides is 2. The van der Waals surface area contributed by atoms with E-state index in [4.69, 9.17) is 0 Å². The van der Waals surface area contributed by atoms with Crippen molar-refractivity contribution in [2.45, 2.75) is 12.5 Å². The Hall–Kier alpha value is -3.10. The van der Waals surface area contributed by atoms with Gasteiger partial charge in [0.15, 0.2) is 0 Å². The van der Waals surface area contributed by atoms with Crippen molar-refractivity contribution in [2.75, 3.05) is 31.1 Å². The number of urea groups is 1. The van der Waals surface area contributed by atoms with Gasteiger partial charge in [-0.05, 0) is 17.7 Å². The predicted molar refractivity (Wildman–Crippen MR) is 97.7 cm³/mol. The van der Waals surface area contributed by atoms with Gasteiger partial charge in [-0.3, -0.25) is 4.98 Å². The molecule has 5 rings (SSSR count). The number of rotatable bonds is 2. The highest BCUT2D eigenvalue weighted by atomic mass is 19.1. The number of hydrazone groups is 1. The standard InChI is InChI=1S/C19H18F2N6O/c20-14-5-13(6-15(21)7-14)16-1-2-24-27(16)18(28)26-11-19(12-26)9-25(10-19)17-8-22-3-4-23-17/h2-8,16H,1,9-12H2/t16-/m0/s1. The number of hydrogen-bond donors (Lipinski definition) is 0. The van der Waals surface area contributed by atoms with Gasteiger partial charge >= 0.3 is 6.03 Å². The van der Waals surface area contributed by atoms with Gasteiger partial charge in [-0.2, -0.15) is 5.10 Å². The van der Waals surface area contributed by atoms with E-state index in [1.807, 2.05) is 0 Å². The largest absolute Gasteiger partial charge is 0.354 e. The fraction of sp³-hybridized carbons (Fsp3) is 0.368. The summed E-state index contributed by atoms with van der Waals surface area (Å²) in [6, 6.07) is 2.62. The third-order valence-electron chi connectivity index (χ3n) is 5.54. The molecule has 9 heteroatoms. The molecule has 7 nitrogen and oxygen atoms in total. The molecule has 144 valence electrons. The van der Waals surface area contributed by atoms with E-state index in [9.17, 15) is 13.6 Å². The Bertz CT molecular complexity index is 918. The summed E-state index contributed by atoms with van der Waals surface area (Å²) in [6.45, 7) is 2.94. The first-order valence-electron chi connectivity index (χ1n) is 9.11. The highest BCUT2D eigenvalue weighted by molar-refractivity contribution is 5.79. The molecular formula is C19H18F2N6O. The molecule has 0 bridgehead atoms. The first-order chi connectivity index (χ1) is 13.5. The van der Waals surface area contributed by atoms with Crippen LogP contribution >= 0.6 is 0 Å². The number of carbonyl (C=O) groups is 1. The number of anilines is 1. The van der Waals surface area contributed by atoms with E-state index in [2.05, 4.69) is 20.0 Å². The SMILES string of the molecule is O=C(N1CC2(C1)CN(c1cnccn1)C2)N1N=CC[C@H]1c1cc(F)cc(F)c1. The van der Waals surface area contributed by atoms with Gasteiger partial charge in [0.25, 0.3) is 0 Å². The van der Waals surface area contributed by atoms with Gasteiger partial charge in [0.1, 0.15) is 17.5 Å². The van der Waals surface area contributed by atoms with Crippen LogP contribution < -0.4 is 4.90 Å². The molecule has 0 aliphatic carbocycles. The van der Waals surface area contributed by atoms with E-state index in [1.54, 1.807) is 29.7 Å². The number of carbonyl (C=O) groups excluding carboxylic acids is 1. The average Bonchev–Trinajstić information content (AvgIpc) is 3.09. The molecule has 3 aliphatic heterocycles. The number of halogens is 2. The highest BCUT2D eigenvalue weighted by Crippen LogP contribution is 2.42. The first kappa shape index (κ1) is 17.0. The molecule has 0 N–H and O–H groups in total. The quantitative estimate of drug-likeness (QED) is 0.798. The molecule has 2 aromatic rings. The number of nitrogens with zero attached hydrogens (tertiary/aromatic N) is 6. The summed E-state index contributed by atoms with van der Waals surface area (Å²) < 4.78 is 27.1. The Morgan fingerprint density at radius 3 is 2.50 bits per heavy atom. The fourth-order valence-corrected chi connectivity index (χ4v) is 4.27. The van der Waals surface area contributed by atoms with Gasteiger partial charge < -0.3 is 9.80 Å². The van der Waals surface area contributed by atoms with Crippen LogP contribution in [0.2, 0.25) is 0 Å². The van der Waals surface area contributed by atoms with Crippen molar-refractivity contribution in [3.05, 3.63) is 54.0 Å². The maximum atomic E-state index is 13.6. The van der Waals surface area contributed by atoms with Gasteiger partial charge in [0, 0.05) is 62.7 Å². The zero-order chi connectivity index (χ0) is 19.3. The van der Waals surface area contributed by atoms with Gasteiger partial charge in [-0.1, -0.05) is 0 Å². The van der Waals surface area contributed by atoms with Crippen molar-refractivity contribution in [1.29, 1.82) is 0 Å². The second-order valence-corrected chi connectivity index (χ2v) is 7.66. The summed E-state index contributed by atoms with van der Waals surface area (Å²) in [6.07, 6.45) is 7.09. The van der Waals surface area contributed by atoms with Crippen LogP contribution in [0.15, 0.2) is 41.9 Å². The van der Waals surface area contributed by atoms with Crippen LogP contribution in [-0.2, 0) is 0 Å². The summed E-state index contributed by atoms with van der Waals surface area (Å²) in [5, 5.41) is 5.49. The lowest BCUT2D eigenvalue weighted by Gasteiger charge is -2.60. The number of likely N-dealkylation sites (tertiary alicyclic amines) is 1. The lowest BCUT2D eigenvalue weighted by molar-refractivity contribution is -0.00692.